The van der Waals surface area contributed by atoms with Gasteiger partial charge in [-0.1, -0.05) is 23.7 Å². The van der Waals surface area contributed by atoms with Gasteiger partial charge in [-0.25, -0.2) is 0 Å². The number of amides is 1. The van der Waals surface area contributed by atoms with Gasteiger partial charge < -0.3 is 5.32 Å². The van der Waals surface area contributed by atoms with Crippen molar-refractivity contribution in [2.45, 2.75) is 6.54 Å². The highest BCUT2D eigenvalue weighted by molar-refractivity contribution is 6.30. The van der Waals surface area contributed by atoms with E-state index < -0.39 is 22.3 Å². The molecule has 108 valence electrons. The molecule has 0 bridgehead atoms. The topological polar surface area (TPSA) is 72.2 Å². The van der Waals surface area contributed by atoms with Crippen LogP contribution in [0, 0.1) is 15.9 Å². The molecule has 0 aliphatic heterocycles. The van der Waals surface area contributed by atoms with Crippen LogP contribution in [0.3, 0.4) is 0 Å². The van der Waals surface area contributed by atoms with Crippen LogP contribution >= 0.6 is 11.6 Å². The zero-order chi connectivity index (χ0) is 15.4. The average Bonchev–Trinajstić information content (AvgIpc) is 2.46. The van der Waals surface area contributed by atoms with Crippen molar-refractivity contribution in [3.8, 4) is 0 Å². The highest BCUT2D eigenvalue weighted by Crippen LogP contribution is 2.18. The van der Waals surface area contributed by atoms with Gasteiger partial charge in [-0.15, -0.1) is 0 Å². The molecule has 2 rings (SSSR count). The summed E-state index contributed by atoms with van der Waals surface area (Å²) in [6, 6.07) is 9.87. The molecule has 0 aliphatic carbocycles. The van der Waals surface area contributed by atoms with Crippen LogP contribution < -0.4 is 5.32 Å². The van der Waals surface area contributed by atoms with Crippen LogP contribution in [0.2, 0.25) is 5.02 Å². The summed E-state index contributed by atoms with van der Waals surface area (Å²) >= 11 is 5.75. The Morgan fingerprint density at radius 2 is 1.90 bits per heavy atom. The van der Waals surface area contributed by atoms with E-state index in [9.17, 15) is 19.3 Å². The predicted octanol–water partition coefficient (Wildman–Crippen LogP) is 3.32. The molecule has 0 spiro atoms. The standard InChI is InChI=1S/C14H10ClFN2O3/c15-11-4-1-9(2-5-11)8-17-14(19)10-3-6-12(16)13(7-10)18(20)21/h1-7H,8H2,(H,17,19). The number of halogens is 2. The van der Waals surface area contributed by atoms with Gasteiger partial charge in [0, 0.05) is 23.2 Å². The Hall–Kier alpha value is -2.47. The van der Waals surface area contributed by atoms with Gasteiger partial charge in [0.25, 0.3) is 5.91 Å². The number of hydrogen-bond acceptors (Lipinski definition) is 3. The molecule has 7 heteroatoms. The fourth-order valence-corrected chi connectivity index (χ4v) is 1.81. The van der Waals surface area contributed by atoms with Gasteiger partial charge >= 0.3 is 5.69 Å². The summed E-state index contributed by atoms with van der Waals surface area (Å²) in [7, 11) is 0. The first-order valence-electron chi connectivity index (χ1n) is 5.94. The number of nitro benzene ring substituents is 1. The van der Waals surface area contributed by atoms with Crippen molar-refractivity contribution < 1.29 is 14.1 Å². The quantitative estimate of drug-likeness (QED) is 0.695. The van der Waals surface area contributed by atoms with Crippen molar-refractivity contribution in [2.75, 3.05) is 0 Å². The van der Waals surface area contributed by atoms with Gasteiger partial charge in [-0.3, -0.25) is 14.9 Å². The summed E-state index contributed by atoms with van der Waals surface area (Å²) in [6.07, 6.45) is 0. The first kappa shape index (κ1) is 14.9. The van der Waals surface area contributed by atoms with Gasteiger partial charge in [-0.2, -0.15) is 4.39 Å². The molecule has 0 saturated carbocycles. The van der Waals surface area contributed by atoms with Gasteiger partial charge in [0.05, 0.1) is 4.92 Å². The van der Waals surface area contributed by atoms with Crippen molar-refractivity contribution in [2.24, 2.45) is 0 Å². The Morgan fingerprint density at radius 3 is 2.52 bits per heavy atom. The lowest BCUT2D eigenvalue weighted by atomic mass is 10.1. The van der Waals surface area contributed by atoms with E-state index in [0.717, 1.165) is 17.7 Å². The summed E-state index contributed by atoms with van der Waals surface area (Å²) in [6.45, 7) is 0.237. The molecular formula is C14H10ClFN2O3. The Bertz CT molecular complexity index is 689. The maximum absolute atomic E-state index is 13.2. The number of hydrogen-bond donors (Lipinski definition) is 1. The average molecular weight is 309 g/mol. The van der Waals surface area contributed by atoms with Crippen LogP contribution in [0.15, 0.2) is 42.5 Å². The number of nitro groups is 1. The van der Waals surface area contributed by atoms with Crippen LogP contribution in [0.25, 0.3) is 0 Å². The third-order valence-electron chi connectivity index (χ3n) is 2.77. The number of nitrogens with zero attached hydrogens (tertiary/aromatic N) is 1. The van der Waals surface area contributed by atoms with E-state index in [1.54, 1.807) is 24.3 Å². The van der Waals surface area contributed by atoms with E-state index in [1.165, 1.54) is 6.07 Å². The number of benzene rings is 2. The molecule has 2 aromatic carbocycles. The van der Waals surface area contributed by atoms with E-state index in [2.05, 4.69) is 5.32 Å². The van der Waals surface area contributed by atoms with E-state index in [1.807, 2.05) is 0 Å². The van der Waals surface area contributed by atoms with Crippen LogP contribution in [0.4, 0.5) is 10.1 Å². The third-order valence-corrected chi connectivity index (χ3v) is 3.02. The molecular weight excluding hydrogens is 299 g/mol. The van der Waals surface area contributed by atoms with Crippen LogP contribution in [-0.2, 0) is 6.54 Å². The Kier molecular flexibility index (Phi) is 4.49. The molecule has 1 amide bonds. The zero-order valence-electron chi connectivity index (χ0n) is 10.7. The van der Waals surface area contributed by atoms with Gasteiger partial charge in [0.15, 0.2) is 0 Å². The molecule has 0 fully saturated rings. The molecule has 1 N–H and O–H groups in total. The fourth-order valence-electron chi connectivity index (χ4n) is 1.68. The largest absolute Gasteiger partial charge is 0.348 e. The van der Waals surface area contributed by atoms with E-state index in [4.69, 9.17) is 11.6 Å². The van der Waals surface area contributed by atoms with Crippen molar-refractivity contribution >= 4 is 23.2 Å². The Labute approximate surface area is 124 Å². The van der Waals surface area contributed by atoms with Crippen molar-refractivity contribution in [1.29, 1.82) is 0 Å². The molecule has 0 heterocycles. The summed E-state index contributed by atoms with van der Waals surface area (Å²) < 4.78 is 13.2. The molecule has 0 radical (unpaired) electrons. The molecule has 0 unspecified atom stereocenters. The van der Waals surface area contributed by atoms with Crippen molar-refractivity contribution in [1.82, 2.24) is 5.32 Å². The highest BCUT2D eigenvalue weighted by Gasteiger charge is 2.17. The number of carbonyl (C=O) groups is 1. The maximum Gasteiger partial charge on any atom is 0.305 e. The minimum Gasteiger partial charge on any atom is -0.348 e. The lowest BCUT2D eigenvalue weighted by molar-refractivity contribution is -0.387. The lowest BCUT2D eigenvalue weighted by Gasteiger charge is -2.06. The van der Waals surface area contributed by atoms with Crippen LogP contribution in [0.1, 0.15) is 15.9 Å². The minimum atomic E-state index is -0.978. The first-order valence-corrected chi connectivity index (χ1v) is 6.32. The number of nitrogens with one attached hydrogen (secondary N) is 1. The predicted molar refractivity (Wildman–Crippen MR) is 75.7 cm³/mol. The molecule has 0 aromatic heterocycles. The number of carbonyl (C=O) groups excluding carboxylic acids is 1. The third kappa shape index (κ3) is 3.76. The van der Waals surface area contributed by atoms with Gasteiger partial charge in [-0.05, 0) is 29.8 Å². The van der Waals surface area contributed by atoms with E-state index in [0.29, 0.717) is 5.02 Å². The normalized spacial score (nSPS) is 10.2. The second-order valence-electron chi connectivity index (χ2n) is 4.23. The molecule has 5 nitrogen and oxygen atoms in total. The molecule has 21 heavy (non-hydrogen) atoms. The minimum absolute atomic E-state index is 0.0251. The maximum atomic E-state index is 13.2. The molecule has 0 aliphatic rings. The van der Waals surface area contributed by atoms with Gasteiger partial charge in [0.1, 0.15) is 0 Å². The highest BCUT2D eigenvalue weighted by atomic mass is 35.5. The molecule has 0 atom stereocenters. The summed E-state index contributed by atoms with van der Waals surface area (Å²) in [5, 5.41) is 13.8. The molecule has 2 aromatic rings. The second-order valence-corrected chi connectivity index (χ2v) is 4.67. The Balaban J connectivity index is 2.08. The van der Waals surface area contributed by atoms with Crippen molar-refractivity contribution in [3.05, 3.63) is 74.5 Å². The lowest BCUT2D eigenvalue weighted by Crippen LogP contribution is -2.22. The van der Waals surface area contributed by atoms with Crippen LogP contribution in [-0.4, -0.2) is 10.8 Å². The second kappa shape index (κ2) is 6.32. The fraction of sp³-hybridized carbons (Fsp3) is 0.0714. The van der Waals surface area contributed by atoms with Crippen LogP contribution in [0.5, 0.6) is 0 Å². The van der Waals surface area contributed by atoms with Gasteiger partial charge in [0.2, 0.25) is 5.82 Å². The SMILES string of the molecule is O=C(NCc1ccc(Cl)cc1)c1ccc(F)c([N+](=O)[O-])c1. The Morgan fingerprint density at radius 1 is 1.24 bits per heavy atom. The van der Waals surface area contributed by atoms with Crippen molar-refractivity contribution in [3.63, 3.8) is 0 Å². The summed E-state index contributed by atoms with van der Waals surface area (Å²) in [5.74, 6) is -1.50. The summed E-state index contributed by atoms with van der Waals surface area (Å²) in [4.78, 5) is 21.6. The zero-order valence-corrected chi connectivity index (χ0v) is 11.4. The first-order chi connectivity index (χ1) is 9.97. The monoisotopic (exact) mass is 308 g/mol. The van der Waals surface area contributed by atoms with E-state index >= 15 is 0 Å². The smallest absolute Gasteiger partial charge is 0.305 e. The number of rotatable bonds is 4. The van der Waals surface area contributed by atoms with E-state index in [-0.39, 0.29) is 12.1 Å². The molecule has 0 saturated heterocycles. The summed E-state index contributed by atoms with van der Waals surface area (Å²) in [5.41, 5.74) is 0.121.